The lowest BCUT2D eigenvalue weighted by atomic mass is 10.1. The Morgan fingerprint density at radius 2 is 1.75 bits per heavy atom. The highest BCUT2D eigenvalue weighted by Gasteiger charge is 2.24. The Bertz CT molecular complexity index is 854. The van der Waals surface area contributed by atoms with Gasteiger partial charge >= 0.3 is 17.9 Å². The average Bonchev–Trinajstić information content (AvgIpc) is 3.71. The summed E-state index contributed by atoms with van der Waals surface area (Å²) in [6.45, 7) is 15.4. The van der Waals surface area contributed by atoms with Crippen LogP contribution in [0.5, 0.6) is 0 Å². The number of ether oxygens (including phenoxy) is 4. The second-order valence-corrected chi connectivity index (χ2v) is 7.54. The number of carbonyl (C=O) groups excluding carboxylic acids is 3. The van der Waals surface area contributed by atoms with Crippen LogP contribution in [0.25, 0.3) is 6.08 Å². The van der Waals surface area contributed by atoms with E-state index in [0.717, 1.165) is 18.4 Å². The van der Waals surface area contributed by atoms with Gasteiger partial charge in [0.2, 0.25) is 0 Å². The van der Waals surface area contributed by atoms with Gasteiger partial charge in [-0.05, 0) is 25.3 Å². The summed E-state index contributed by atoms with van der Waals surface area (Å²) in [6.07, 6.45) is 7.52. The summed E-state index contributed by atoms with van der Waals surface area (Å²) in [4.78, 5) is 32.3. The van der Waals surface area contributed by atoms with E-state index in [0.29, 0.717) is 37.4 Å². The molecule has 1 atom stereocenters. The van der Waals surface area contributed by atoms with Crippen LogP contribution >= 0.6 is 0 Å². The van der Waals surface area contributed by atoms with Crippen molar-refractivity contribution in [2.75, 3.05) is 33.0 Å². The summed E-state index contributed by atoms with van der Waals surface area (Å²) < 4.78 is 19.0. The van der Waals surface area contributed by atoms with E-state index in [1.807, 2.05) is 49.4 Å². The quantitative estimate of drug-likeness (QED) is 0.140. The van der Waals surface area contributed by atoms with Crippen molar-refractivity contribution in [1.29, 1.82) is 0 Å². The van der Waals surface area contributed by atoms with Crippen LogP contribution in [-0.2, 0) is 33.3 Å². The molecule has 0 radical (unpaired) electrons. The molecule has 0 saturated carbocycles. The van der Waals surface area contributed by atoms with Crippen LogP contribution in [0.3, 0.4) is 0 Å². The standard InChI is InChI=1S/C14H16O3.C7H10O3.C7H12O2/c1-12(14(16)17-11-10-15)6-5-9-13-7-3-2-4-8-13;1-5(2)7(8)10-4-6-3-9-6;1-3-5-6-9-7(8)4-2/h2-5,7-9,15H,1,6,10-11H2;6H,1,3-4H2,2H3;4H,2-3,5-6H2,1H3. The van der Waals surface area contributed by atoms with Crippen LogP contribution in [0, 0.1) is 0 Å². The van der Waals surface area contributed by atoms with Crippen LogP contribution in [0.2, 0.25) is 0 Å². The smallest absolute Gasteiger partial charge is 0.333 e. The van der Waals surface area contributed by atoms with E-state index in [2.05, 4.69) is 24.5 Å². The largest absolute Gasteiger partial charge is 0.463 e. The van der Waals surface area contributed by atoms with Crippen molar-refractivity contribution < 1.29 is 38.4 Å². The molecule has 1 heterocycles. The lowest BCUT2D eigenvalue weighted by Crippen LogP contribution is -2.09. The van der Waals surface area contributed by atoms with Gasteiger partial charge in [-0.2, -0.15) is 0 Å². The minimum atomic E-state index is -0.461. The normalized spacial score (nSPS) is 13.1. The van der Waals surface area contributed by atoms with Crippen molar-refractivity contribution >= 4 is 24.0 Å². The molecule has 198 valence electrons. The summed E-state index contributed by atoms with van der Waals surface area (Å²) in [5, 5.41) is 8.50. The average molecular weight is 503 g/mol. The molecular weight excluding hydrogens is 464 g/mol. The van der Waals surface area contributed by atoms with Crippen LogP contribution in [0.15, 0.2) is 73.4 Å². The fraction of sp³-hybridized carbons (Fsp3) is 0.393. The first-order chi connectivity index (χ1) is 17.2. The Kier molecular flexibility index (Phi) is 18.8. The van der Waals surface area contributed by atoms with Gasteiger partial charge in [-0.15, -0.1) is 0 Å². The number of esters is 3. The minimum Gasteiger partial charge on any atom is -0.463 e. The maximum atomic E-state index is 11.3. The van der Waals surface area contributed by atoms with Crippen molar-refractivity contribution in [2.24, 2.45) is 0 Å². The van der Waals surface area contributed by atoms with Gasteiger partial charge in [-0.3, -0.25) is 0 Å². The topological polar surface area (TPSA) is 112 Å². The van der Waals surface area contributed by atoms with Crippen molar-refractivity contribution in [2.45, 2.75) is 39.2 Å². The maximum Gasteiger partial charge on any atom is 0.333 e. The SMILES string of the molecule is C=C(C)C(=O)OCC1CO1.C=C(CC=Cc1ccccc1)C(=O)OCCO.C=CC(=O)OCCCC. The molecule has 36 heavy (non-hydrogen) atoms. The highest BCUT2D eigenvalue weighted by atomic mass is 16.6. The Morgan fingerprint density at radius 3 is 2.28 bits per heavy atom. The Hall–Kier alpha value is -3.49. The van der Waals surface area contributed by atoms with Gasteiger partial charge in [-0.25, -0.2) is 14.4 Å². The highest BCUT2D eigenvalue weighted by molar-refractivity contribution is 5.88. The molecule has 0 amide bonds. The zero-order valence-electron chi connectivity index (χ0n) is 21.3. The number of hydrogen-bond acceptors (Lipinski definition) is 8. The van der Waals surface area contributed by atoms with E-state index in [1.165, 1.54) is 6.08 Å². The molecule has 0 bridgehead atoms. The third kappa shape index (κ3) is 18.9. The monoisotopic (exact) mass is 502 g/mol. The predicted octanol–water partition coefficient (Wildman–Crippen LogP) is 4.20. The third-order valence-corrected chi connectivity index (χ3v) is 4.15. The van der Waals surface area contributed by atoms with Gasteiger partial charge in [0, 0.05) is 17.2 Å². The maximum absolute atomic E-state index is 11.3. The number of unbranched alkanes of at least 4 members (excludes halogenated alkanes) is 1. The van der Waals surface area contributed by atoms with Crippen molar-refractivity contribution in [3.8, 4) is 0 Å². The number of epoxide rings is 1. The van der Waals surface area contributed by atoms with Crippen molar-refractivity contribution in [3.63, 3.8) is 0 Å². The molecule has 8 nitrogen and oxygen atoms in total. The molecule has 0 aliphatic carbocycles. The van der Waals surface area contributed by atoms with Crippen molar-refractivity contribution in [3.05, 3.63) is 78.9 Å². The first-order valence-corrected chi connectivity index (χ1v) is 11.7. The predicted molar refractivity (Wildman–Crippen MR) is 139 cm³/mol. The number of hydrogen-bond donors (Lipinski definition) is 1. The zero-order chi connectivity index (χ0) is 27.2. The molecule has 2 rings (SSSR count). The molecular formula is C28H38O8. The fourth-order valence-electron chi connectivity index (χ4n) is 2.06. The first kappa shape index (κ1) is 32.5. The van der Waals surface area contributed by atoms with E-state index in [4.69, 9.17) is 19.3 Å². The van der Waals surface area contributed by atoms with E-state index in [9.17, 15) is 14.4 Å². The number of allylic oxidation sites excluding steroid dienone is 1. The van der Waals surface area contributed by atoms with E-state index >= 15 is 0 Å². The first-order valence-electron chi connectivity index (χ1n) is 11.7. The lowest BCUT2D eigenvalue weighted by Gasteiger charge is -2.02. The lowest BCUT2D eigenvalue weighted by molar-refractivity contribution is -0.140. The number of aliphatic hydroxyl groups excluding tert-OH is 1. The summed E-state index contributed by atoms with van der Waals surface area (Å²) >= 11 is 0. The molecule has 1 aromatic rings. The highest BCUT2D eigenvalue weighted by Crippen LogP contribution is 2.09. The zero-order valence-corrected chi connectivity index (χ0v) is 21.3. The summed E-state index contributed by atoms with van der Waals surface area (Å²) in [5.41, 5.74) is 1.88. The molecule has 1 aromatic carbocycles. The summed E-state index contributed by atoms with van der Waals surface area (Å²) in [6, 6.07) is 9.79. The Balaban J connectivity index is 0.000000551. The van der Waals surface area contributed by atoms with Gasteiger partial charge in [0.05, 0.1) is 19.8 Å². The Morgan fingerprint density at radius 1 is 1.08 bits per heavy atom. The minimum absolute atomic E-state index is 0.0141. The number of rotatable bonds is 13. The van der Waals surface area contributed by atoms with Crippen LogP contribution in [-0.4, -0.2) is 62.2 Å². The Labute approximate surface area is 213 Å². The fourth-order valence-corrected chi connectivity index (χ4v) is 2.06. The molecule has 1 fully saturated rings. The molecule has 1 N–H and O–H groups in total. The molecule has 8 heteroatoms. The molecule has 0 aromatic heterocycles. The molecule has 1 unspecified atom stereocenters. The molecule has 0 spiro atoms. The molecule has 1 saturated heterocycles. The van der Waals surface area contributed by atoms with Crippen LogP contribution in [0.1, 0.15) is 38.7 Å². The number of carbonyl (C=O) groups is 3. The van der Waals surface area contributed by atoms with Crippen LogP contribution in [0.4, 0.5) is 0 Å². The summed E-state index contributed by atoms with van der Waals surface area (Å²) in [5.74, 6) is -1.13. The van der Waals surface area contributed by atoms with Crippen molar-refractivity contribution in [1.82, 2.24) is 0 Å². The molecule has 1 aliphatic rings. The second-order valence-electron chi connectivity index (χ2n) is 7.54. The van der Waals surface area contributed by atoms with Gasteiger partial charge in [0.25, 0.3) is 0 Å². The third-order valence-electron chi connectivity index (χ3n) is 4.15. The van der Waals surface area contributed by atoms with Crippen LogP contribution < -0.4 is 0 Å². The van der Waals surface area contributed by atoms with Gasteiger partial charge in [0.15, 0.2) is 0 Å². The van der Waals surface area contributed by atoms with Gasteiger partial charge < -0.3 is 24.1 Å². The molecule has 1 aliphatic heterocycles. The number of benzene rings is 1. The van der Waals surface area contributed by atoms with Gasteiger partial charge in [0.1, 0.15) is 19.3 Å². The van der Waals surface area contributed by atoms with E-state index < -0.39 is 5.97 Å². The van der Waals surface area contributed by atoms with Gasteiger partial charge in [-0.1, -0.05) is 75.6 Å². The van der Waals surface area contributed by atoms with E-state index in [-0.39, 0.29) is 31.3 Å². The second kappa shape index (κ2) is 20.8. The van der Waals surface area contributed by atoms with E-state index in [1.54, 1.807) is 6.92 Å². The number of aliphatic hydroxyl groups is 1. The summed E-state index contributed by atoms with van der Waals surface area (Å²) in [7, 11) is 0.